The Kier molecular flexibility index (Phi) is 4.70. The van der Waals surface area contributed by atoms with Crippen molar-refractivity contribution in [2.45, 2.75) is 11.4 Å². The first-order valence-corrected chi connectivity index (χ1v) is 10.9. The zero-order valence-electron chi connectivity index (χ0n) is 17.0. The van der Waals surface area contributed by atoms with Gasteiger partial charge in [0.05, 0.1) is 32.7 Å². The van der Waals surface area contributed by atoms with E-state index in [9.17, 15) is 8.42 Å². The Bertz CT molecular complexity index is 1520. The maximum absolute atomic E-state index is 13.3. The average molecular weight is 455 g/mol. The third-order valence-corrected chi connectivity index (χ3v) is 6.24. The van der Waals surface area contributed by atoms with Gasteiger partial charge in [-0.25, -0.2) is 13.4 Å². The number of methoxy groups -OCH3 is 2. The lowest BCUT2D eigenvalue weighted by atomic mass is 10.2. The molecule has 0 aliphatic rings. The van der Waals surface area contributed by atoms with Gasteiger partial charge in [0, 0.05) is 23.8 Å². The first-order valence-electron chi connectivity index (χ1n) is 9.38. The molecular formula is C20H17N5O6S. The van der Waals surface area contributed by atoms with Crippen LogP contribution >= 0.6 is 0 Å². The second kappa shape index (κ2) is 7.57. The normalized spacial score (nSPS) is 11.8. The molecule has 5 rings (SSSR count). The van der Waals surface area contributed by atoms with Gasteiger partial charge >= 0.3 is 0 Å². The Morgan fingerprint density at radius 1 is 1.16 bits per heavy atom. The number of pyridine rings is 1. The van der Waals surface area contributed by atoms with E-state index in [1.54, 1.807) is 41.3 Å². The number of rotatable bonds is 7. The molecule has 0 bridgehead atoms. The van der Waals surface area contributed by atoms with Crippen LogP contribution in [0.3, 0.4) is 0 Å². The lowest BCUT2D eigenvalue weighted by molar-refractivity contribution is 0.400. The van der Waals surface area contributed by atoms with Gasteiger partial charge in [0.1, 0.15) is 21.6 Å². The molecule has 4 aromatic heterocycles. The smallest absolute Gasteiger partial charge is 0.267 e. The second-order valence-electron chi connectivity index (χ2n) is 6.77. The van der Waals surface area contributed by atoms with E-state index < -0.39 is 10.0 Å². The molecule has 0 atom stereocenters. The minimum atomic E-state index is -4.15. The zero-order valence-corrected chi connectivity index (χ0v) is 17.8. The molecule has 0 aliphatic heterocycles. The molecule has 1 N–H and O–H groups in total. The topological polar surface area (TPSA) is 135 Å². The minimum absolute atomic E-state index is 0.0578. The van der Waals surface area contributed by atoms with E-state index in [2.05, 4.69) is 20.0 Å². The second-order valence-corrected chi connectivity index (χ2v) is 8.38. The van der Waals surface area contributed by atoms with E-state index >= 15 is 0 Å². The van der Waals surface area contributed by atoms with Crippen molar-refractivity contribution < 1.29 is 26.8 Å². The summed E-state index contributed by atoms with van der Waals surface area (Å²) in [5.41, 5.74) is 1.32. The number of hydrogen-bond donors (Lipinski definition) is 1. The van der Waals surface area contributed by atoms with Crippen molar-refractivity contribution in [2.24, 2.45) is 0 Å². The van der Waals surface area contributed by atoms with Gasteiger partial charge in [-0.15, -0.1) is 0 Å². The van der Waals surface area contributed by atoms with Crippen molar-refractivity contribution >= 4 is 37.8 Å². The van der Waals surface area contributed by atoms with Gasteiger partial charge < -0.3 is 18.4 Å². The number of sulfonamides is 1. The fourth-order valence-electron chi connectivity index (χ4n) is 3.45. The Morgan fingerprint density at radius 3 is 2.78 bits per heavy atom. The molecule has 0 aliphatic carbocycles. The van der Waals surface area contributed by atoms with E-state index in [1.807, 2.05) is 0 Å². The summed E-state index contributed by atoms with van der Waals surface area (Å²) in [5, 5.41) is 8.72. The van der Waals surface area contributed by atoms with Crippen LogP contribution in [-0.2, 0) is 16.6 Å². The van der Waals surface area contributed by atoms with Gasteiger partial charge in [0.25, 0.3) is 10.0 Å². The lowest BCUT2D eigenvalue weighted by Gasteiger charge is -2.11. The highest BCUT2D eigenvalue weighted by atomic mass is 32.2. The number of anilines is 1. The summed E-state index contributed by atoms with van der Waals surface area (Å²) in [4.78, 5) is 4.37. The van der Waals surface area contributed by atoms with Crippen molar-refractivity contribution in [3.63, 3.8) is 0 Å². The van der Waals surface area contributed by atoms with E-state index in [0.29, 0.717) is 34.2 Å². The number of benzene rings is 1. The molecular weight excluding hydrogens is 438 g/mol. The van der Waals surface area contributed by atoms with Gasteiger partial charge in [-0.2, -0.15) is 5.10 Å². The molecule has 32 heavy (non-hydrogen) atoms. The molecule has 5 aromatic rings. The van der Waals surface area contributed by atoms with Crippen LogP contribution in [0, 0.1) is 0 Å². The van der Waals surface area contributed by atoms with E-state index in [-0.39, 0.29) is 22.3 Å². The molecule has 164 valence electrons. The average Bonchev–Trinajstić information content (AvgIpc) is 3.53. The molecule has 0 radical (unpaired) electrons. The molecule has 11 nitrogen and oxygen atoms in total. The number of nitrogens with zero attached hydrogens (tertiary/aromatic N) is 4. The molecule has 0 amide bonds. The molecule has 0 saturated carbocycles. The largest absolute Gasteiger partial charge is 0.495 e. The molecule has 4 heterocycles. The summed E-state index contributed by atoms with van der Waals surface area (Å²) in [6, 6.07) is 8.16. The van der Waals surface area contributed by atoms with Crippen LogP contribution in [0.4, 0.5) is 5.82 Å². The molecule has 12 heteroatoms. The molecule has 0 fully saturated rings. The molecule has 0 saturated heterocycles. The molecule has 0 spiro atoms. The first-order chi connectivity index (χ1) is 15.5. The van der Waals surface area contributed by atoms with Crippen molar-refractivity contribution in [1.82, 2.24) is 19.9 Å². The number of hydrogen-bond acceptors (Lipinski definition) is 9. The Labute approximate surface area is 181 Å². The summed E-state index contributed by atoms with van der Waals surface area (Å²) in [7, 11) is -1.33. The highest BCUT2D eigenvalue weighted by molar-refractivity contribution is 7.93. The van der Waals surface area contributed by atoms with Gasteiger partial charge in [-0.3, -0.25) is 9.40 Å². The Morgan fingerprint density at radius 2 is 2.03 bits per heavy atom. The van der Waals surface area contributed by atoms with E-state index in [4.69, 9.17) is 18.4 Å². The van der Waals surface area contributed by atoms with Crippen molar-refractivity contribution in [2.75, 3.05) is 18.9 Å². The number of ether oxygens (including phenoxy) is 2. The van der Waals surface area contributed by atoms with Gasteiger partial charge in [-0.05, 0) is 24.3 Å². The van der Waals surface area contributed by atoms with Crippen LogP contribution < -0.4 is 14.2 Å². The standard InChI is InChI=1S/C20H17N5O6S/c1-28-15-5-4-14-13(6-9-30-14)18(15)32(26,27)24-19-17-16(31-23-19)10-12(22-20(17)29-2)11-25-8-3-7-21-25/h3-10H,11H2,1-2H3,(H,23,24). The van der Waals surface area contributed by atoms with Crippen molar-refractivity contribution in [3.05, 3.63) is 54.7 Å². The fraction of sp³-hybridized carbons (Fsp3) is 0.150. The van der Waals surface area contributed by atoms with Crippen LogP contribution in [0.1, 0.15) is 5.69 Å². The van der Waals surface area contributed by atoms with Crippen LogP contribution in [0.2, 0.25) is 0 Å². The van der Waals surface area contributed by atoms with Crippen LogP contribution in [0.25, 0.3) is 21.9 Å². The van der Waals surface area contributed by atoms with Gasteiger partial charge in [-0.1, -0.05) is 5.16 Å². The Hall–Kier alpha value is -4.06. The summed E-state index contributed by atoms with van der Waals surface area (Å²) in [5.74, 6) is 0.264. The third-order valence-electron chi connectivity index (χ3n) is 4.82. The number of aromatic nitrogens is 4. The van der Waals surface area contributed by atoms with Crippen LogP contribution in [0.5, 0.6) is 11.6 Å². The lowest BCUT2D eigenvalue weighted by Crippen LogP contribution is -2.15. The summed E-state index contributed by atoms with van der Waals surface area (Å²) in [6.45, 7) is 0.376. The highest BCUT2D eigenvalue weighted by Crippen LogP contribution is 2.37. The Balaban J connectivity index is 1.58. The van der Waals surface area contributed by atoms with E-state index in [0.717, 1.165) is 0 Å². The summed E-state index contributed by atoms with van der Waals surface area (Å²) >= 11 is 0. The van der Waals surface area contributed by atoms with Crippen molar-refractivity contribution in [1.29, 1.82) is 0 Å². The van der Waals surface area contributed by atoms with E-state index in [1.165, 1.54) is 26.5 Å². The quantitative estimate of drug-likeness (QED) is 0.393. The van der Waals surface area contributed by atoms with Crippen LogP contribution in [0.15, 0.2) is 62.8 Å². The molecule has 0 unspecified atom stereocenters. The number of furan rings is 1. The molecule has 1 aromatic carbocycles. The SMILES string of the molecule is COc1ccc2occc2c1S(=O)(=O)Nc1noc2cc(Cn3cccn3)nc(OC)c12. The maximum atomic E-state index is 13.3. The van der Waals surface area contributed by atoms with Gasteiger partial charge in [0.15, 0.2) is 11.4 Å². The highest BCUT2D eigenvalue weighted by Gasteiger charge is 2.27. The zero-order chi connectivity index (χ0) is 22.3. The predicted molar refractivity (Wildman–Crippen MR) is 113 cm³/mol. The summed E-state index contributed by atoms with van der Waals surface area (Å²) in [6.07, 6.45) is 4.86. The number of nitrogens with one attached hydrogen (secondary N) is 1. The first kappa shape index (κ1) is 19.9. The van der Waals surface area contributed by atoms with Gasteiger partial charge in [0.2, 0.25) is 5.88 Å². The van der Waals surface area contributed by atoms with Crippen molar-refractivity contribution in [3.8, 4) is 11.6 Å². The monoisotopic (exact) mass is 455 g/mol. The minimum Gasteiger partial charge on any atom is -0.495 e. The summed E-state index contributed by atoms with van der Waals surface area (Å²) < 4.78 is 52.2. The third kappa shape index (κ3) is 3.30. The maximum Gasteiger partial charge on any atom is 0.267 e. The predicted octanol–water partition coefficient (Wildman–Crippen LogP) is 3.03. The van der Waals surface area contributed by atoms with Crippen LogP contribution in [-0.4, -0.2) is 42.6 Å². The fourth-order valence-corrected chi connectivity index (χ4v) is 4.82. The number of fused-ring (bicyclic) bond motifs is 2.